The van der Waals surface area contributed by atoms with E-state index in [-0.39, 0.29) is 18.0 Å². The molecule has 2 heteroatoms. The van der Waals surface area contributed by atoms with Crippen LogP contribution in [-0.2, 0) is 9.47 Å². The molecule has 2 aliphatic rings. The highest BCUT2D eigenvalue weighted by Gasteiger charge is 2.43. The van der Waals surface area contributed by atoms with E-state index in [2.05, 4.69) is 19.1 Å². The summed E-state index contributed by atoms with van der Waals surface area (Å²) in [5.74, 6) is -0.319. The lowest BCUT2D eigenvalue weighted by Gasteiger charge is -2.23. The maximum atomic E-state index is 5.74. The Balaban J connectivity index is 2.19. The molecule has 0 aromatic heterocycles. The fourth-order valence-corrected chi connectivity index (χ4v) is 1.77. The van der Waals surface area contributed by atoms with Gasteiger partial charge in [-0.25, -0.2) is 0 Å². The smallest absolute Gasteiger partial charge is 0.170 e. The third-order valence-electron chi connectivity index (χ3n) is 2.37. The summed E-state index contributed by atoms with van der Waals surface area (Å²) >= 11 is 0. The molecule has 3 atom stereocenters. The van der Waals surface area contributed by atoms with Crippen LogP contribution in [0.1, 0.15) is 26.7 Å². The van der Waals surface area contributed by atoms with Gasteiger partial charge in [-0.2, -0.15) is 0 Å². The SMILES string of the molecule is CC[C@H]1O[C@@]2(C)CC=C[C@H]1O2. The Morgan fingerprint density at radius 3 is 3.00 bits per heavy atom. The van der Waals surface area contributed by atoms with E-state index in [4.69, 9.17) is 9.47 Å². The molecule has 1 fully saturated rings. The number of hydrogen-bond acceptors (Lipinski definition) is 2. The highest BCUT2D eigenvalue weighted by Crippen LogP contribution is 2.36. The molecule has 0 amide bonds. The number of rotatable bonds is 1. The molecular formula is C9H14O2. The maximum absolute atomic E-state index is 5.74. The van der Waals surface area contributed by atoms with Gasteiger partial charge >= 0.3 is 0 Å². The van der Waals surface area contributed by atoms with Gasteiger partial charge in [0.05, 0.1) is 6.10 Å². The normalized spacial score (nSPS) is 48.2. The minimum atomic E-state index is -0.319. The van der Waals surface area contributed by atoms with Crippen LogP contribution in [0.15, 0.2) is 12.2 Å². The van der Waals surface area contributed by atoms with Crippen LogP contribution in [0.25, 0.3) is 0 Å². The van der Waals surface area contributed by atoms with E-state index >= 15 is 0 Å². The standard InChI is InChI=1S/C9H14O2/c1-3-7-8-5-4-6-9(2,10-7)11-8/h4-5,7-8H,3,6H2,1-2H3/t7-,8-,9-/m1/s1. The van der Waals surface area contributed by atoms with E-state index in [1.54, 1.807) is 0 Å². The van der Waals surface area contributed by atoms with Crippen LogP contribution in [0.5, 0.6) is 0 Å². The van der Waals surface area contributed by atoms with Gasteiger partial charge in [0.15, 0.2) is 5.79 Å². The Morgan fingerprint density at radius 2 is 2.36 bits per heavy atom. The van der Waals surface area contributed by atoms with Crippen molar-refractivity contribution in [1.29, 1.82) is 0 Å². The van der Waals surface area contributed by atoms with Crippen LogP contribution >= 0.6 is 0 Å². The van der Waals surface area contributed by atoms with Gasteiger partial charge in [-0.15, -0.1) is 0 Å². The Labute approximate surface area is 67.2 Å². The predicted molar refractivity (Wildman–Crippen MR) is 42.2 cm³/mol. The zero-order chi connectivity index (χ0) is 7.90. The zero-order valence-corrected chi connectivity index (χ0v) is 7.04. The van der Waals surface area contributed by atoms with Gasteiger partial charge in [0.1, 0.15) is 6.10 Å². The first-order valence-corrected chi connectivity index (χ1v) is 4.26. The molecule has 62 valence electrons. The van der Waals surface area contributed by atoms with Gasteiger partial charge in [0.2, 0.25) is 0 Å². The Hall–Kier alpha value is -0.340. The van der Waals surface area contributed by atoms with Gasteiger partial charge < -0.3 is 9.47 Å². The highest BCUT2D eigenvalue weighted by atomic mass is 16.8. The van der Waals surface area contributed by atoms with Gasteiger partial charge in [-0.05, 0) is 13.3 Å². The lowest BCUT2D eigenvalue weighted by Crippen LogP contribution is -2.27. The van der Waals surface area contributed by atoms with Crippen molar-refractivity contribution in [3.63, 3.8) is 0 Å². The monoisotopic (exact) mass is 154 g/mol. The van der Waals surface area contributed by atoms with Crippen LogP contribution in [0.2, 0.25) is 0 Å². The number of ether oxygens (including phenoxy) is 2. The topological polar surface area (TPSA) is 18.5 Å². The second-order valence-electron chi connectivity index (χ2n) is 3.41. The van der Waals surface area contributed by atoms with Crippen LogP contribution in [0.3, 0.4) is 0 Å². The van der Waals surface area contributed by atoms with Crippen molar-refractivity contribution in [3.05, 3.63) is 12.2 Å². The van der Waals surface area contributed by atoms with Crippen LogP contribution < -0.4 is 0 Å². The van der Waals surface area contributed by atoms with E-state index < -0.39 is 0 Å². The fraction of sp³-hybridized carbons (Fsp3) is 0.778. The van der Waals surface area contributed by atoms with E-state index in [0.717, 1.165) is 12.8 Å². The molecule has 2 heterocycles. The van der Waals surface area contributed by atoms with E-state index in [9.17, 15) is 0 Å². The Bertz CT molecular complexity index is 188. The Morgan fingerprint density at radius 1 is 1.55 bits per heavy atom. The van der Waals surface area contributed by atoms with Crippen molar-refractivity contribution in [2.45, 2.75) is 44.7 Å². The molecule has 1 saturated heterocycles. The Kier molecular flexibility index (Phi) is 1.55. The average molecular weight is 154 g/mol. The summed E-state index contributed by atoms with van der Waals surface area (Å²) in [5.41, 5.74) is 0. The maximum Gasteiger partial charge on any atom is 0.170 e. The minimum Gasteiger partial charge on any atom is -0.344 e. The van der Waals surface area contributed by atoms with Crippen LogP contribution in [0, 0.1) is 0 Å². The summed E-state index contributed by atoms with van der Waals surface area (Å²) in [5, 5.41) is 0. The summed E-state index contributed by atoms with van der Waals surface area (Å²) in [6.45, 7) is 4.14. The molecule has 2 aliphatic heterocycles. The molecule has 0 aromatic rings. The third-order valence-corrected chi connectivity index (χ3v) is 2.37. The molecule has 2 bridgehead atoms. The van der Waals surface area contributed by atoms with Gasteiger partial charge in [-0.3, -0.25) is 0 Å². The average Bonchev–Trinajstić information content (AvgIpc) is 2.21. The molecular weight excluding hydrogens is 140 g/mol. The van der Waals surface area contributed by atoms with Crippen molar-refractivity contribution < 1.29 is 9.47 Å². The minimum absolute atomic E-state index is 0.207. The molecule has 0 radical (unpaired) electrons. The molecule has 0 aromatic carbocycles. The first-order valence-electron chi connectivity index (χ1n) is 4.26. The second-order valence-corrected chi connectivity index (χ2v) is 3.41. The van der Waals surface area contributed by atoms with Crippen LogP contribution in [0.4, 0.5) is 0 Å². The van der Waals surface area contributed by atoms with Gasteiger partial charge in [0, 0.05) is 6.42 Å². The highest BCUT2D eigenvalue weighted by molar-refractivity contribution is 5.05. The van der Waals surface area contributed by atoms with Crippen molar-refractivity contribution in [3.8, 4) is 0 Å². The van der Waals surface area contributed by atoms with Gasteiger partial charge in [0.25, 0.3) is 0 Å². The summed E-state index contributed by atoms with van der Waals surface area (Å²) in [7, 11) is 0. The summed E-state index contributed by atoms with van der Waals surface area (Å²) in [4.78, 5) is 0. The van der Waals surface area contributed by atoms with Crippen molar-refractivity contribution in [1.82, 2.24) is 0 Å². The molecule has 0 N–H and O–H groups in total. The molecule has 11 heavy (non-hydrogen) atoms. The first kappa shape index (κ1) is 7.32. The predicted octanol–water partition coefficient (Wildman–Crippen LogP) is 1.86. The van der Waals surface area contributed by atoms with E-state index in [1.165, 1.54) is 0 Å². The molecule has 0 unspecified atom stereocenters. The number of hydrogen-bond donors (Lipinski definition) is 0. The van der Waals surface area contributed by atoms with Crippen molar-refractivity contribution >= 4 is 0 Å². The summed E-state index contributed by atoms with van der Waals surface area (Å²) in [6.07, 6.45) is 6.68. The molecule has 0 spiro atoms. The van der Waals surface area contributed by atoms with Crippen molar-refractivity contribution in [2.24, 2.45) is 0 Å². The molecule has 2 nitrogen and oxygen atoms in total. The fourth-order valence-electron chi connectivity index (χ4n) is 1.77. The van der Waals surface area contributed by atoms with Gasteiger partial charge in [-0.1, -0.05) is 19.1 Å². The molecule has 0 aliphatic carbocycles. The van der Waals surface area contributed by atoms with Crippen LogP contribution in [-0.4, -0.2) is 18.0 Å². The second kappa shape index (κ2) is 2.32. The molecule has 2 rings (SSSR count). The van der Waals surface area contributed by atoms with E-state index in [1.807, 2.05) is 6.92 Å². The van der Waals surface area contributed by atoms with E-state index in [0.29, 0.717) is 0 Å². The summed E-state index contributed by atoms with van der Waals surface area (Å²) < 4.78 is 11.4. The molecule has 0 saturated carbocycles. The largest absolute Gasteiger partial charge is 0.344 e. The lowest BCUT2D eigenvalue weighted by atomic mass is 10.1. The zero-order valence-electron chi connectivity index (χ0n) is 7.04. The quantitative estimate of drug-likeness (QED) is 0.537. The lowest BCUT2D eigenvalue weighted by molar-refractivity contribution is -0.158. The van der Waals surface area contributed by atoms with Crippen molar-refractivity contribution in [2.75, 3.05) is 0 Å². The summed E-state index contributed by atoms with van der Waals surface area (Å²) in [6, 6.07) is 0. The third kappa shape index (κ3) is 1.10. The number of fused-ring (bicyclic) bond motifs is 2. The first-order chi connectivity index (χ1) is 5.23.